The van der Waals surface area contributed by atoms with Crippen LogP contribution in [0.4, 0.5) is 0 Å². The van der Waals surface area contributed by atoms with E-state index in [1.54, 1.807) is 0 Å². The van der Waals surface area contributed by atoms with Crippen LogP contribution >= 0.6 is 0 Å². The number of hydrogen-bond donors (Lipinski definition) is 1. The predicted octanol–water partition coefficient (Wildman–Crippen LogP) is 4.16. The molecule has 0 unspecified atom stereocenters. The third-order valence-electron chi connectivity index (χ3n) is 3.62. The molecule has 0 amide bonds. The van der Waals surface area contributed by atoms with Crippen LogP contribution in [0, 0.1) is 11.8 Å². The monoisotopic (exact) mass is 270 g/mol. The fraction of sp³-hybridized carbons (Fsp3) is 1.00. The Morgan fingerprint density at radius 2 is 1.37 bits per heavy atom. The van der Waals surface area contributed by atoms with Gasteiger partial charge in [0.2, 0.25) is 0 Å². The normalized spacial score (nSPS) is 12.0. The molecule has 2 heteroatoms. The maximum absolute atomic E-state index is 3.40. The molecule has 0 aromatic carbocycles. The van der Waals surface area contributed by atoms with Gasteiger partial charge in [-0.05, 0) is 70.2 Å². The van der Waals surface area contributed by atoms with Crippen molar-refractivity contribution in [3.05, 3.63) is 0 Å². The Kier molecular flexibility index (Phi) is 12.9. The minimum absolute atomic E-state index is 0.829. The second kappa shape index (κ2) is 12.9. The first kappa shape index (κ1) is 18.9. The standard InChI is InChI=1S/C17H38N2/c1-6-18-12-8-7-9-13-19(14-10-16(2)3)15-11-17(4)5/h16-18H,6-15H2,1-5H3. The molecule has 19 heavy (non-hydrogen) atoms. The van der Waals surface area contributed by atoms with Crippen molar-refractivity contribution in [3.8, 4) is 0 Å². The molecular weight excluding hydrogens is 232 g/mol. The summed E-state index contributed by atoms with van der Waals surface area (Å²) < 4.78 is 0. The molecule has 0 aliphatic heterocycles. The smallest absolute Gasteiger partial charge is 0.00163 e. The van der Waals surface area contributed by atoms with E-state index in [0.717, 1.165) is 18.4 Å². The Morgan fingerprint density at radius 1 is 0.789 bits per heavy atom. The lowest BCUT2D eigenvalue weighted by molar-refractivity contribution is 0.238. The van der Waals surface area contributed by atoms with E-state index in [9.17, 15) is 0 Å². The van der Waals surface area contributed by atoms with Gasteiger partial charge in [0, 0.05) is 0 Å². The molecule has 0 saturated carbocycles. The SMILES string of the molecule is CCNCCCCCN(CCC(C)C)CCC(C)C. The average Bonchev–Trinajstić information content (AvgIpc) is 2.35. The van der Waals surface area contributed by atoms with Gasteiger partial charge in [0.25, 0.3) is 0 Å². The van der Waals surface area contributed by atoms with Crippen LogP contribution in [0.1, 0.15) is 66.7 Å². The van der Waals surface area contributed by atoms with Crippen LogP contribution in [-0.4, -0.2) is 37.6 Å². The van der Waals surface area contributed by atoms with Gasteiger partial charge in [0.15, 0.2) is 0 Å². The largest absolute Gasteiger partial charge is 0.317 e. The Labute approximate surface area is 122 Å². The van der Waals surface area contributed by atoms with Gasteiger partial charge >= 0.3 is 0 Å². The van der Waals surface area contributed by atoms with Gasteiger partial charge in [-0.1, -0.05) is 41.0 Å². The number of hydrogen-bond acceptors (Lipinski definition) is 2. The summed E-state index contributed by atoms with van der Waals surface area (Å²) in [7, 11) is 0. The molecule has 0 aromatic heterocycles. The number of unbranched alkanes of at least 4 members (excludes halogenated alkanes) is 2. The summed E-state index contributed by atoms with van der Waals surface area (Å²) in [5.41, 5.74) is 0. The molecule has 0 rings (SSSR count). The summed E-state index contributed by atoms with van der Waals surface area (Å²) in [5, 5.41) is 3.40. The van der Waals surface area contributed by atoms with Crippen LogP contribution in [0.3, 0.4) is 0 Å². The lowest BCUT2D eigenvalue weighted by Gasteiger charge is -2.24. The van der Waals surface area contributed by atoms with E-state index in [2.05, 4.69) is 44.8 Å². The molecule has 0 bridgehead atoms. The zero-order chi connectivity index (χ0) is 14.5. The highest BCUT2D eigenvalue weighted by atomic mass is 15.1. The Bertz CT molecular complexity index is 166. The van der Waals surface area contributed by atoms with Crippen molar-refractivity contribution in [2.75, 3.05) is 32.7 Å². The quantitative estimate of drug-likeness (QED) is 0.506. The summed E-state index contributed by atoms with van der Waals surface area (Å²) in [6.07, 6.45) is 6.75. The third-order valence-corrected chi connectivity index (χ3v) is 3.62. The highest BCUT2D eigenvalue weighted by Gasteiger charge is 2.07. The van der Waals surface area contributed by atoms with E-state index < -0.39 is 0 Å². The molecule has 0 saturated heterocycles. The molecule has 0 aromatic rings. The van der Waals surface area contributed by atoms with Crippen LogP contribution in [0.15, 0.2) is 0 Å². The zero-order valence-electron chi connectivity index (χ0n) is 14.2. The summed E-state index contributed by atoms with van der Waals surface area (Å²) >= 11 is 0. The first-order valence-electron chi connectivity index (χ1n) is 8.49. The van der Waals surface area contributed by atoms with Crippen LogP contribution in [0.5, 0.6) is 0 Å². The van der Waals surface area contributed by atoms with Gasteiger partial charge in [-0.2, -0.15) is 0 Å². The van der Waals surface area contributed by atoms with Crippen molar-refractivity contribution in [3.63, 3.8) is 0 Å². The lowest BCUT2D eigenvalue weighted by atomic mass is 10.1. The predicted molar refractivity (Wildman–Crippen MR) is 87.7 cm³/mol. The molecule has 0 spiro atoms. The third kappa shape index (κ3) is 14.1. The molecule has 0 aliphatic rings. The topological polar surface area (TPSA) is 15.3 Å². The second-order valence-corrected chi connectivity index (χ2v) is 6.62. The summed E-state index contributed by atoms with van der Waals surface area (Å²) in [5.74, 6) is 1.66. The molecule has 0 aliphatic carbocycles. The number of rotatable bonds is 13. The van der Waals surface area contributed by atoms with Crippen molar-refractivity contribution in [1.29, 1.82) is 0 Å². The Hall–Kier alpha value is -0.0800. The minimum Gasteiger partial charge on any atom is -0.317 e. The van der Waals surface area contributed by atoms with Crippen LogP contribution in [0.25, 0.3) is 0 Å². The molecule has 2 nitrogen and oxygen atoms in total. The van der Waals surface area contributed by atoms with E-state index in [4.69, 9.17) is 0 Å². The van der Waals surface area contributed by atoms with Crippen molar-refractivity contribution in [2.45, 2.75) is 66.7 Å². The fourth-order valence-electron chi connectivity index (χ4n) is 2.16. The Balaban J connectivity index is 3.71. The highest BCUT2D eigenvalue weighted by Crippen LogP contribution is 2.08. The Morgan fingerprint density at radius 3 is 1.84 bits per heavy atom. The molecule has 116 valence electrons. The van der Waals surface area contributed by atoms with Gasteiger partial charge in [0.1, 0.15) is 0 Å². The van der Waals surface area contributed by atoms with Gasteiger partial charge in [-0.15, -0.1) is 0 Å². The van der Waals surface area contributed by atoms with E-state index in [1.165, 1.54) is 58.3 Å². The highest BCUT2D eigenvalue weighted by molar-refractivity contribution is 4.62. The van der Waals surface area contributed by atoms with E-state index in [1.807, 2.05) is 0 Å². The summed E-state index contributed by atoms with van der Waals surface area (Å²) in [4.78, 5) is 2.69. The van der Waals surface area contributed by atoms with Gasteiger partial charge < -0.3 is 10.2 Å². The van der Waals surface area contributed by atoms with Crippen molar-refractivity contribution >= 4 is 0 Å². The fourth-order valence-corrected chi connectivity index (χ4v) is 2.16. The number of nitrogens with one attached hydrogen (secondary N) is 1. The van der Waals surface area contributed by atoms with Gasteiger partial charge in [0.05, 0.1) is 0 Å². The van der Waals surface area contributed by atoms with E-state index in [0.29, 0.717) is 0 Å². The first-order valence-corrected chi connectivity index (χ1v) is 8.49. The molecule has 1 N–H and O–H groups in total. The van der Waals surface area contributed by atoms with Gasteiger partial charge in [-0.3, -0.25) is 0 Å². The van der Waals surface area contributed by atoms with Crippen molar-refractivity contribution in [2.24, 2.45) is 11.8 Å². The maximum Gasteiger partial charge on any atom is -0.00163 e. The number of nitrogens with zero attached hydrogens (tertiary/aromatic N) is 1. The summed E-state index contributed by atoms with van der Waals surface area (Å²) in [6, 6.07) is 0. The van der Waals surface area contributed by atoms with Crippen molar-refractivity contribution < 1.29 is 0 Å². The second-order valence-electron chi connectivity index (χ2n) is 6.62. The van der Waals surface area contributed by atoms with E-state index in [-0.39, 0.29) is 0 Å². The van der Waals surface area contributed by atoms with Crippen molar-refractivity contribution in [1.82, 2.24) is 10.2 Å². The molecule has 0 fully saturated rings. The van der Waals surface area contributed by atoms with Crippen LogP contribution in [-0.2, 0) is 0 Å². The lowest BCUT2D eigenvalue weighted by Crippen LogP contribution is -2.29. The molecule has 0 radical (unpaired) electrons. The average molecular weight is 271 g/mol. The first-order chi connectivity index (χ1) is 9.06. The molecular formula is C17H38N2. The minimum atomic E-state index is 0.829. The van der Waals surface area contributed by atoms with E-state index >= 15 is 0 Å². The summed E-state index contributed by atoms with van der Waals surface area (Å²) in [6.45, 7) is 17.7. The maximum atomic E-state index is 3.40. The molecule has 0 heterocycles. The molecule has 0 atom stereocenters. The van der Waals surface area contributed by atoms with Crippen LogP contribution in [0.2, 0.25) is 0 Å². The van der Waals surface area contributed by atoms with Crippen LogP contribution < -0.4 is 5.32 Å². The van der Waals surface area contributed by atoms with Gasteiger partial charge in [-0.25, -0.2) is 0 Å². The zero-order valence-corrected chi connectivity index (χ0v) is 14.2.